The lowest BCUT2D eigenvalue weighted by Crippen LogP contribution is -2.49. The number of halogens is 1. The quantitative estimate of drug-likeness (QED) is 0.702. The number of ether oxygens (including phenoxy) is 1. The van der Waals surface area contributed by atoms with E-state index in [-0.39, 0.29) is 29.8 Å². The van der Waals surface area contributed by atoms with Crippen molar-refractivity contribution >= 4 is 23.4 Å². The molecule has 3 rings (SSSR count). The largest absolute Gasteiger partial charge is 0.376 e. The summed E-state index contributed by atoms with van der Waals surface area (Å²) in [6.45, 7) is 3.07. The van der Waals surface area contributed by atoms with Gasteiger partial charge in [0.15, 0.2) is 0 Å². The van der Waals surface area contributed by atoms with Gasteiger partial charge in [-0.15, -0.1) is 11.6 Å². The van der Waals surface area contributed by atoms with Gasteiger partial charge in [0.2, 0.25) is 11.8 Å². The lowest BCUT2D eigenvalue weighted by molar-refractivity contribution is -0.141. The molecule has 5 nitrogen and oxygen atoms in total. The summed E-state index contributed by atoms with van der Waals surface area (Å²) in [6.07, 6.45) is 7.35. The number of aryl methyl sites for hydroxylation is 1. The van der Waals surface area contributed by atoms with E-state index in [9.17, 15) is 9.59 Å². The van der Waals surface area contributed by atoms with Crippen molar-refractivity contribution in [2.75, 3.05) is 19.0 Å². The Morgan fingerprint density at radius 2 is 1.93 bits per heavy atom. The number of benzene rings is 1. The van der Waals surface area contributed by atoms with Crippen LogP contribution in [0.15, 0.2) is 24.3 Å². The van der Waals surface area contributed by atoms with Crippen molar-refractivity contribution in [1.82, 2.24) is 10.2 Å². The molecule has 0 spiro atoms. The molecule has 1 aromatic rings. The van der Waals surface area contributed by atoms with Crippen molar-refractivity contribution in [3.05, 3.63) is 35.4 Å². The van der Waals surface area contributed by atoms with Gasteiger partial charge in [-0.3, -0.25) is 9.59 Å². The summed E-state index contributed by atoms with van der Waals surface area (Å²) in [5, 5.41) is 3.21. The van der Waals surface area contributed by atoms with E-state index in [1.54, 1.807) is 4.90 Å². The Balaban J connectivity index is 1.88. The zero-order valence-corrected chi connectivity index (χ0v) is 17.4. The molecule has 154 valence electrons. The van der Waals surface area contributed by atoms with Crippen molar-refractivity contribution in [2.45, 2.75) is 70.1 Å². The topological polar surface area (TPSA) is 58.6 Å². The van der Waals surface area contributed by atoms with E-state index in [1.165, 1.54) is 6.42 Å². The summed E-state index contributed by atoms with van der Waals surface area (Å²) >= 11 is 5.94. The molecule has 2 fully saturated rings. The fraction of sp³-hybridized carbons (Fsp3) is 0.636. The molecule has 1 aromatic carbocycles. The number of alkyl halides is 1. The smallest absolute Gasteiger partial charge is 0.247 e. The molecule has 0 bridgehead atoms. The van der Waals surface area contributed by atoms with Gasteiger partial charge in [0.05, 0.1) is 6.10 Å². The molecule has 1 aliphatic heterocycles. The van der Waals surface area contributed by atoms with Crippen LogP contribution < -0.4 is 5.32 Å². The van der Waals surface area contributed by atoms with Crippen LogP contribution in [0.4, 0.5) is 0 Å². The van der Waals surface area contributed by atoms with Gasteiger partial charge in [-0.2, -0.15) is 0 Å². The van der Waals surface area contributed by atoms with Crippen LogP contribution >= 0.6 is 11.6 Å². The molecule has 2 unspecified atom stereocenters. The Kier molecular flexibility index (Phi) is 7.74. The molecule has 1 heterocycles. The number of rotatable bonds is 7. The number of carbonyl (C=O) groups is 2. The average Bonchev–Trinajstić information content (AvgIpc) is 3.22. The maximum atomic E-state index is 13.4. The number of hydrogen-bond donors (Lipinski definition) is 1. The number of hydrogen-bond acceptors (Lipinski definition) is 3. The van der Waals surface area contributed by atoms with Gasteiger partial charge >= 0.3 is 0 Å². The van der Waals surface area contributed by atoms with Gasteiger partial charge in [0, 0.05) is 19.2 Å². The van der Waals surface area contributed by atoms with E-state index >= 15 is 0 Å². The van der Waals surface area contributed by atoms with Crippen molar-refractivity contribution < 1.29 is 14.3 Å². The van der Waals surface area contributed by atoms with Crippen LogP contribution in [-0.2, 0) is 14.3 Å². The minimum atomic E-state index is -0.682. The molecular formula is C22H31ClN2O3. The second kappa shape index (κ2) is 10.3. The highest BCUT2D eigenvalue weighted by atomic mass is 35.5. The highest BCUT2D eigenvalue weighted by Crippen LogP contribution is 2.28. The van der Waals surface area contributed by atoms with Crippen LogP contribution in [0.5, 0.6) is 0 Å². The standard InChI is InChI=1S/C22H31ClN2O3/c1-16-8-5-6-12-19(16)21(22(27)24-17-9-3-2-4-10-17)25(20(26)14-23)15-18-11-7-13-28-18/h5-6,8,12,17-18,21H,2-4,7,9-11,13-15H2,1H3,(H,24,27). The molecule has 6 heteroatoms. The third kappa shape index (κ3) is 5.26. The van der Waals surface area contributed by atoms with Crippen molar-refractivity contribution in [1.29, 1.82) is 0 Å². The van der Waals surface area contributed by atoms with E-state index in [0.29, 0.717) is 13.2 Å². The van der Waals surface area contributed by atoms with Gasteiger partial charge in [0.1, 0.15) is 11.9 Å². The van der Waals surface area contributed by atoms with Crippen LogP contribution in [0.2, 0.25) is 0 Å². The number of carbonyl (C=O) groups excluding carboxylic acids is 2. The van der Waals surface area contributed by atoms with E-state index in [1.807, 2.05) is 31.2 Å². The monoisotopic (exact) mass is 406 g/mol. The first-order valence-corrected chi connectivity index (χ1v) is 11.0. The minimum Gasteiger partial charge on any atom is -0.376 e. The number of amides is 2. The Bertz CT molecular complexity index is 670. The highest BCUT2D eigenvalue weighted by Gasteiger charge is 2.35. The predicted molar refractivity (Wildman–Crippen MR) is 110 cm³/mol. The summed E-state index contributed by atoms with van der Waals surface area (Å²) < 4.78 is 5.76. The molecule has 2 aliphatic rings. The SMILES string of the molecule is Cc1ccccc1C(C(=O)NC1CCCCC1)N(CC1CCCO1)C(=O)CCl. The first kappa shape index (κ1) is 21.1. The fourth-order valence-electron chi connectivity index (χ4n) is 4.31. The number of nitrogens with one attached hydrogen (secondary N) is 1. The van der Waals surface area contributed by atoms with Gasteiger partial charge < -0.3 is 15.0 Å². The molecular weight excluding hydrogens is 376 g/mol. The predicted octanol–water partition coefficient (Wildman–Crippen LogP) is 3.73. The normalized spacial score (nSPS) is 21.3. The maximum Gasteiger partial charge on any atom is 0.247 e. The molecule has 1 aliphatic carbocycles. The minimum absolute atomic E-state index is 0.0406. The molecule has 28 heavy (non-hydrogen) atoms. The van der Waals surface area contributed by atoms with E-state index < -0.39 is 6.04 Å². The van der Waals surface area contributed by atoms with Crippen LogP contribution in [0.3, 0.4) is 0 Å². The van der Waals surface area contributed by atoms with Crippen LogP contribution in [-0.4, -0.2) is 47.9 Å². The van der Waals surface area contributed by atoms with E-state index in [4.69, 9.17) is 16.3 Å². The van der Waals surface area contributed by atoms with Crippen LogP contribution in [0, 0.1) is 6.92 Å². The first-order chi connectivity index (χ1) is 13.6. The third-order valence-electron chi connectivity index (χ3n) is 5.85. The summed E-state index contributed by atoms with van der Waals surface area (Å²) in [5.41, 5.74) is 1.85. The van der Waals surface area contributed by atoms with Gasteiger partial charge in [-0.1, -0.05) is 43.5 Å². The van der Waals surface area contributed by atoms with E-state index in [2.05, 4.69) is 5.32 Å². The summed E-state index contributed by atoms with van der Waals surface area (Å²) in [6, 6.07) is 7.28. The molecule has 1 saturated carbocycles. The Morgan fingerprint density at radius 1 is 1.18 bits per heavy atom. The molecule has 0 aromatic heterocycles. The Labute approximate surface area is 172 Å². The van der Waals surface area contributed by atoms with Crippen molar-refractivity contribution in [2.24, 2.45) is 0 Å². The Hall–Kier alpha value is -1.59. The first-order valence-electron chi connectivity index (χ1n) is 10.4. The number of nitrogens with zero attached hydrogens (tertiary/aromatic N) is 1. The van der Waals surface area contributed by atoms with Crippen LogP contribution in [0.25, 0.3) is 0 Å². The summed E-state index contributed by atoms with van der Waals surface area (Å²) in [5.74, 6) is -0.492. The summed E-state index contributed by atoms with van der Waals surface area (Å²) in [7, 11) is 0. The molecule has 2 amide bonds. The highest BCUT2D eigenvalue weighted by molar-refractivity contribution is 6.27. The zero-order chi connectivity index (χ0) is 19.9. The van der Waals surface area contributed by atoms with Gasteiger partial charge in [-0.05, 0) is 43.7 Å². The third-order valence-corrected chi connectivity index (χ3v) is 6.08. The van der Waals surface area contributed by atoms with Crippen molar-refractivity contribution in [3.63, 3.8) is 0 Å². The second-order valence-corrected chi connectivity index (χ2v) is 8.18. The Morgan fingerprint density at radius 3 is 2.57 bits per heavy atom. The van der Waals surface area contributed by atoms with Crippen LogP contribution in [0.1, 0.15) is 62.1 Å². The second-order valence-electron chi connectivity index (χ2n) is 7.92. The van der Waals surface area contributed by atoms with Gasteiger partial charge in [-0.25, -0.2) is 0 Å². The average molecular weight is 407 g/mol. The van der Waals surface area contributed by atoms with Gasteiger partial charge in [0.25, 0.3) is 0 Å². The molecule has 0 radical (unpaired) electrons. The van der Waals surface area contributed by atoms with Crippen molar-refractivity contribution in [3.8, 4) is 0 Å². The molecule has 1 saturated heterocycles. The lowest BCUT2D eigenvalue weighted by atomic mass is 9.94. The maximum absolute atomic E-state index is 13.4. The zero-order valence-electron chi connectivity index (χ0n) is 16.7. The molecule has 1 N–H and O–H groups in total. The fourth-order valence-corrected chi connectivity index (χ4v) is 4.46. The lowest BCUT2D eigenvalue weighted by Gasteiger charge is -2.35. The molecule has 2 atom stereocenters. The van der Waals surface area contributed by atoms with E-state index in [0.717, 1.165) is 49.7 Å². The summed E-state index contributed by atoms with van der Waals surface area (Å²) in [4.78, 5) is 27.8.